The monoisotopic (exact) mass is 592 g/mol. The van der Waals surface area contributed by atoms with Gasteiger partial charge in [-0.25, -0.2) is 4.79 Å². The lowest BCUT2D eigenvalue weighted by Gasteiger charge is -2.24. The highest BCUT2D eigenvalue weighted by Crippen LogP contribution is 2.23. The summed E-state index contributed by atoms with van der Waals surface area (Å²) in [5, 5.41) is 3.24. The van der Waals surface area contributed by atoms with Crippen molar-refractivity contribution in [2.24, 2.45) is 5.92 Å². The molecule has 0 unspecified atom stereocenters. The minimum absolute atomic E-state index is 0.0675. The van der Waals surface area contributed by atoms with Gasteiger partial charge in [-0.15, -0.1) is 0 Å². The molecule has 4 rings (SSSR count). The molecule has 0 saturated carbocycles. The molecule has 1 amide bonds. The molecular formula is C37H40N2O5. The topological polar surface area (TPSA) is 84.9 Å². The minimum Gasteiger partial charge on any atom is -0.492 e. The smallest absolute Gasteiger partial charge is 0.328 e. The van der Waals surface area contributed by atoms with E-state index in [4.69, 9.17) is 9.47 Å². The molecule has 4 aromatic rings. The summed E-state index contributed by atoms with van der Waals surface area (Å²) in [4.78, 5) is 40.8. The molecular weight excluding hydrogens is 552 g/mol. The Labute approximate surface area is 259 Å². The molecule has 0 heterocycles. The van der Waals surface area contributed by atoms with E-state index >= 15 is 0 Å². The van der Waals surface area contributed by atoms with Gasteiger partial charge in [-0.05, 0) is 60.4 Å². The summed E-state index contributed by atoms with van der Waals surface area (Å²) in [5.74, 6) is 0.415. The van der Waals surface area contributed by atoms with Crippen molar-refractivity contribution in [1.82, 2.24) is 0 Å². The Kier molecular flexibility index (Phi) is 11.3. The number of carbonyl (C=O) groups excluding carboxylic acids is 3. The molecule has 4 aromatic carbocycles. The molecule has 44 heavy (non-hydrogen) atoms. The van der Waals surface area contributed by atoms with E-state index in [0.717, 1.165) is 16.8 Å². The number of amides is 1. The molecule has 0 bridgehead atoms. The van der Waals surface area contributed by atoms with Crippen LogP contribution in [0.4, 0.5) is 11.4 Å². The van der Waals surface area contributed by atoms with Gasteiger partial charge in [0, 0.05) is 35.3 Å². The highest BCUT2D eigenvalue weighted by Gasteiger charge is 2.23. The Bertz CT molecular complexity index is 1550. The fraction of sp³-hybridized carbons (Fsp3) is 0.270. The van der Waals surface area contributed by atoms with Gasteiger partial charge in [0.2, 0.25) is 5.91 Å². The van der Waals surface area contributed by atoms with Gasteiger partial charge in [0.25, 0.3) is 0 Å². The first-order chi connectivity index (χ1) is 21.2. The summed E-state index contributed by atoms with van der Waals surface area (Å²) in [7, 11) is 1.35. The number of carbonyl (C=O) groups is 3. The van der Waals surface area contributed by atoms with Gasteiger partial charge in [0.15, 0.2) is 5.78 Å². The Morgan fingerprint density at radius 1 is 0.841 bits per heavy atom. The van der Waals surface area contributed by atoms with Crippen molar-refractivity contribution in [2.75, 3.05) is 30.5 Å². The third-order valence-corrected chi connectivity index (χ3v) is 7.17. The lowest BCUT2D eigenvalue weighted by atomic mass is 10.00. The van der Waals surface area contributed by atoms with Crippen LogP contribution in [0.3, 0.4) is 0 Å². The predicted octanol–water partition coefficient (Wildman–Crippen LogP) is 6.88. The van der Waals surface area contributed by atoms with E-state index in [2.05, 4.69) is 5.32 Å². The maximum Gasteiger partial charge on any atom is 0.328 e. The molecule has 0 radical (unpaired) electrons. The number of benzene rings is 4. The maximum absolute atomic E-state index is 13.2. The van der Waals surface area contributed by atoms with Gasteiger partial charge in [-0.3, -0.25) is 9.59 Å². The van der Waals surface area contributed by atoms with Crippen LogP contribution in [-0.4, -0.2) is 44.0 Å². The lowest BCUT2D eigenvalue weighted by Crippen LogP contribution is -2.35. The Morgan fingerprint density at radius 2 is 1.55 bits per heavy atom. The largest absolute Gasteiger partial charge is 0.492 e. The highest BCUT2D eigenvalue weighted by atomic mass is 16.5. The van der Waals surface area contributed by atoms with E-state index in [1.165, 1.54) is 7.11 Å². The third-order valence-electron chi connectivity index (χ3n) is 7.17. The number of ketones is 1. The molecule has 7 heteroatoms. The third kappa shape index (κ3) is 8.80. The fourth-order valence-corrected chi connectivity index (χ4v) is 4.94. The number of aryl methyl sites for hydroxylation is 1. The van der Waals surface area contributed by atoms with Crippen LogP contribution in [0.2, 0.25) is 0 Å². The summed E-state index contributed by atoms with van der Waals surface area (Å²) in [5.41, 5.74) is 4.44. The van der Waals surface area contributed by atoms with Crippen molar-refractivity contribution in [2.45, 2.75) is 39.7 Å². The normalized spacial score (nSPS) is 11.5. The first-order valence-electron chi connectivity index (χ1n) is 14.9. The van der Waals surface area contributed by atoms with Gasteiger partial charge >= 0.3 is 5.97 Å². The minimum atomic E-state index is -0.716. The second-order valence-electron chi connectivity index (χ2n) is 11.1. The number of esters is 1. The Hall–Kier alpha value is -4.91. The number of hydrogen-bond donors (Lipinski definition) is 1. The van der Waals surface area contributed by atoms with Crippen molar-refractivity contribution in [1.29, 1.82) is 0 Å². The van der Waals surface area contributed by atoms with Gasteiger partial charge in [0.05, 0.1) is 13.7 Å². The Balaban J connectivity index is 1.41. The summed E-state index contributed by atoms with van der Waals surface area (Å²) in [6, 6.07) is 30.9. The van der Waals surface area contributed by atoms with Gasteiger partial charge in [0.1, 0.15) is 18.4 Å². The molecule has 0 spiro atoms. The van der Waals surface area contributed by atoms with Gasteiger partial charge < -0.3 is 19.7 Å². The van der Waals surface area contributed by atoms with Crippen molar-refractivity contribution in [3.63, 3.8) is 0 Å². The van der Waals surface area contributed by atoms with Crippen LogP contribution in [0.15, 0.2) is 103 Å². The maximum atomic E-state index is 13.2. The van der Waals surface area contributed by atoms with Crippen LogP contribution >= 0.6 is 0 Å². The molecule has 7 nitrogen and oxygen atoms in total. The van der Waals surface area contributed by atoms with Crippen LogP contribution < -0.4 is 15.0 Å². The zero-order valence-corrected chi connectivity index (χ0v) is 25.8. The molecule has 1 N–H and O–H groups in total. The number of nitrogens with one attached hydrogen (secondary N) is 1. The summed E-state index contributed by atoms with van der Waals surface area (Å²) in [6.07, 6.45) is 0.800. The summed E-state index contributed by atoms with van der Waals surface area (Å²) in [6.45, 7) is 6.83. The summed E-state index contributed by atoms with van der Waals surface area (Å²) >= 11 is 0. The number of para-hydroxylation sites is 1. The molecule has 1 atom stereocenters. The van der Waals surface area contributed by atoms with Crippen LogP contribution in [-0.2, 0) is 20.7 Å². The van der Waals surface area contributed by atoms with E-state index in [1.807, 2.05) is 93.6 Å². The first kappa shape index (κ1) is 32.0. The van der Waals surface area contributed by atoms with E-state index < -0.39 is 12.0 Å². The van der Waals surface area contributed by atoms with Crippen LogP contribution in [0.5, 0.6) is 5.75 Å². The van der Waals surface area contributed by atoms with E-state index in [-0.39, 0.29) is 17.6 Å². The van der Waals surface area contributed by atoms with E-state index in [1.54, 1.807) is 35.2 Å². The molecule has 0 aliphatic carbocycles. The first-order valence-corrected chi connectivity index (χ1v) is 14.9. The second kappa shape index (κ2) is 15.5. The van der Waals surface area contributed by atoms with Crippen molar-refractivity contribution >= 4 is 29.0 Å². The quantitative estimate of drug-likeness (QED) is 0.127. The zero-order valence-electron chi connectivity index (χ0n) is 25.8. The molecule has 0 fully saturated rings. The zero-order chi connectivity index (χ0) is 31.5. The molecule has 0 aliphatic heterocycles. The van der Waals surface area contributed by atoms with Crippen molar-refractivity contribution < 1.29 is 23.9 Å². The average molecular weight is 593 g/mol. The molecule has 0 aromatic heterocycles. The lowest BCUT2D eigenvalue weighted by molar-refractivity contribution is -0.141. The fourth-order valence-electron chi connectivity index (χ4n) is 4.94. The molecule has 228 valence electrons. The number of nitrogens with zero attached hydrogens (tertiary/aromatic N) is 1. The number of anilines is 2. The summed E-state index contributed by atoms with van der Waals surface area (Å²) < 4.78 is 11.1. The standard InChI is InChI=1S/C37H40N2O5/c1-26(2)23-35(40)39(30-14-10-11-27(3)24-30)21-22-44-31-19-17-28(18-20-31)25-34(37(42)43-4)38-33-16-9-8-15-32(33)36(41)29-12-6-5-7-13-29/h5-20,24,26,34,38H,21-23,25H2,1-4H3/t34-/m0/s1. The van der Waals surface area contributed by atoms with Crippen LogP contribution in [0, 0.1) is 12.8 Å². The number of ether oxygens (including phenoxy) is 2. The SMILES string of the molecule is COC(=O)[C@H](Cc1ccc(OCCN(C(=O)CC(C)C)c2cccc(C)c2)cc1)Nc1ccccc1C(=O)c1ccccc1. The van der Waals surface area contributed by atoms with Crippen LogP contribution in [0.1, 0.15) is 47.3 Å². The predicted molar refractivity (Wildman–Crippen MR) is 174 cm³/mol. The second-order valence-corrected chi connectivity index (χ2v) is 11.1. The average Bonchev–Trinajstić information content (AvgIpc) is 3.03. The number of methoxy groups -OCH3 is 1. The molecule has 0 saturated heterocycles. The van der Waals surface area contributed by atoms with Crippen molar-refractivity contribution in [3.05, 3.63) is 125 Å². The van der Waals surface area contributed by atoms with E-state index in [9.17, 15) is 14.4 Å². The Morgan fingerprint density at radius 3 is 2.23 bits per heavy atom. The molecule has 0 aliphatic rings. The highest BCUT2D eigenvalue weighted by molar-refractivity contribution is 6.12. The van der Waals surface area contributed by atoms with Crippen LogP contribution in [0.25, 0.3) is 0 Å². The van der Waals surface area contributed by atoms with Crippen molar-refractivity contribution in [3.8, 4) is 5.75 Å². The van der Waals surface area contributed by atoms with Gasteiger partial charge in [-0.2, -0.15) is 0 Å². The number of rotatable bonds is 14. The van der Waals surface area contributed by atoms with E-state index in [0.29, 0.717) is 48.6 Å². The van der Waals surface area contributed by atoms with Gasteiger partial charge in [-0.1, -0.05) is 80.6 Å². The number of hydrogen-bond acceptors (Lipinski definition) is 6.